The Morgan fingerprint density at radius 2 is 1.93 bits per heavy atom. The molecule has 152 valence electrons. The van der Waals surface area contributed by atoms with E-state index in [9.17, 15) is 14.0 Å². The Labute approximate surface area is 170 Å². The number of carbonyl (C=O) groups excluding carboxylic acids is 2. The number of amides is 2. The monoisotopic (exact) mass is 396 g/mol. The summed E-state index contributed by atoms with van der Waals surface area (Å²) in [6.45, 7) is 2.83. The lowest BCUT2D eigenvalue weighted by Gasteiger charge is -2.23. The number of hydrogen-bond donors (Lipinski definition) is 0. The molecule has 0 aromatic heterocycles. The van der Waals surface area contributed by atoms with Crippen molar-refractivity contribution in [1.29, 1.82) is 0 Å². The fraction of sp³-hybridized carbons (Fsp3) is 0.391. The number of nitrogens with zero attached hydrogens (tertiary/aromatic N) is 2. The second kappa shape index (κ2) is 7.95. The third kappa shape index (κ3) is 3.65. The molecule has 1 unspecified atom stereocenters. The molecule has 1 spiro atoms. The summed E-state index contributed by atoms with van der Waals surface area (Å²) in [7, 11) is 1.63. The number of methoxy groups -OCH3 is 1. The van der Waals surface area contributed by atoms with E-state index < -0.39 is 5.41 Å². The summed E-state index contributed by atoms with van der Waals surface area (Å²) in [4.78, 5) is 29.6. The van der Waals surface area contributed by atoms with Gasteiger partial charge in [-0.3, -0.25) is 9.59 Å². The highest BCUT2D eigenvalue weighted by Crippen LogP contribution is 2.41. The van der Waals surface area contributed by atoms with Crippen molar-refractivity contribution in [2.45, 2.75) is 12.8 Å². The zero-order chi connectivity index (χ0) is 20.4. The highest BCUT2D eigenvalue weighted by molar-refractivity contribution is 5.96. The normalized spacial score (nSPS) is 21.4. The molecule has 29 heavy (non-hydrogen) atoms. The fourth-order valence-electron chi connectivity index (χ4n) is 4.43. The van der Waals surface area contributed by atoms with Crippen LogP contribution in [0, 0.1) is 11.2 Å². The van der Waals surface area contributed by atoms with Crippen molar-refractivity contribution >= 4 is 11.8 Å². The summed E-state index contributed by atoms with van der Waals surface area (Å²) < 4.78 is 19.2. The summed E-state index contributed by atoms with van der Waals surface area (Å²) in [6, 6.07) is 13.6. The molecule has 2 fully saturated rings. The second-order valence-electron chi connectivity index (χ2n) is 7.85. The van der Waals surface area contributed by atoms with Crippen molar-refractivity contribution in [1.82, 2.24) is 9.80 Å². The van der Waals surface area contributed by atoms with Crippen LogP contribution in [0.5, 0.6) is 0 Å². The van der Waals surface area contributed by atoms with Crippen LogP contribution >= 0.6 is 0 Å². The molecule has 0 aliphatic carbocycles. The third-order valence-corrected chi connectivity index (χ3v) is 6.10. The first kappa shape index (κ1) is 19.6. The largest absolute Gasteiger partial charge is 0.383 e. The van der Waals surface area contributed by atoms with E-state index in [1.807, 2.05) is 4.90 Å². The molecule has 5 nitrogen and oxygen atoms in total. The zero-order valence-corrected chi connectivity index (χ0v) is 16.6. The van der Waals surface area contributed by atoms with Gasteiger partial charge in [0.1, 0.15) is 5.82 Å². The van der Waals surface area contributed by atoms with Gasteiger partial charge in [0.15, 0.2) is 0 Å². The van der Waals surface area contributed by atoms with Gasteiger partial charge in [0.2, 0.25) is 5.91 Å². The van der Waals surface area contributed by atoms with E-state index in [1.54, 1.807) is 54.5 Å². The third-order valence-electron chi connectivity index (χ3n) is 6.10. The highest BCUT2D eigenvalue weighted by Gasteiger charge is 2.51. The fourth-order valence-corrected chi connectivity index (χ4v) is 4.43. The van der Waals surface area contributed by atoms with E-state index in [0.717, 1.165) is 6.42 Å². The summed E-state index contributed by atoms with van der Waals surface area (Å²) in [6.07, 6.45) is 1.46. The van der Waals surface area contributed by atoms with Crippen molar-refractivity contribution in [2.75, 3.05) is 39.9 Å². The van der Waals surface area contributed by atoms with E-state index in [4.69, 9.17) is 4.74 Å². The Morgan fingerprint density at radius 1 is 1.14 bits per heavy atom. The maximum atomic E-state index is 14.1. The van der Waals surface area contributed by atoms with Crippen molar-refractivity contribution in [3.8, 4) is 11.1 Å². The average Bonchev–Trinajstić information content (AvgIpc) is 3.31. The molecular formula is C23H25FN2O3. The molecule has 2 aromatic carbocycles. The van der Waals surface area contributed by atoms with Crippen LogP contribution in [-0.4, -0.2) is 61.5 Å². The molecule has 6 heteroatoms. The molecule has 0 N–H and O–H groups in total. The molecule has 0 saturated carbocycles. The molecule has 2 aliphatic heterocycles. The number of likely N-dealkylation sites (tertiary alicyclic amines) is 2. The standard InChI is InChI=1S/C23H25FN2O3/c1-29-14-13-25-11-9-23(22(25)28)10-12-26(16-23)21(27)18-6-4-5-17(15-18)19-7-2-3-8-20(19)24/h2-8,15H,9-14,16H2,1H3. The van der Waals surface area contributed by atoms with Crippen LogP contribution in [0.1, 0.15) is 23.2 Å². The SMILES string of the molecule is COCCN1CCC2(CCN(C(=O)c3cccc(-c4ccccc4F)c3)C2)C1=O. The lowest BCUT2D eigenvalue weighted by molar-refractivity contribution is -0.135. The number of benzene rings is 2. The molecule has 1 atom stereocenters. The van der Waals surface area contributed by atoms with Gasteiger partial charge in [0.25, 0.3) is 5.91 Å². The minimum Gasteiger partial charge on any atom is -0.383 e. The molecule has 2 saturated heterocycles. The summed E-state index contributed by atoms with van der Waals surface area (Å²) in [5.41, 5.74) is 1.20. The van der Waals surface area contributed by atoms with Crippen molar-refractivity contribution in [2.24, 2.45) is 5.41 Å². The van der Waals surface area contributed by atoms with Crippen LogP contribution in [0.3, 0.4) is 0 Å². The predicted molar refractivity (Wildman–Crippen MR) is 108 cm³/mol. The number of ether oxygens (including phenoxy) is 1. The van der Waals surface area contributed by atoms with E-state index in [1.165, 1.54) is 6.07 Å². The van der Waals surface area contributed by atoms with Crippen molar-refractivity contribution < 1.29 is 18.7 Å². The van der Waals surface area contributed by atoms with E-state index >= 15 is 0 Å². The Hall–Kier alpha value is -2.73. The van der Waals surface area contributed by atoms with Gasteiger partial charge < -0.3 is 14.5 Å². The number of hydrogen-bond acceptors (Lipinski definition) is 3. The summed E-state index contributed by atoms with van der Waals surface area (Å²) >= 11 is 0. The first-order valence-electron chi connectivity index (χ1n) is 9.97. The van der Waals surface area contributed by atoms with Crippen LogP contribution in [0.25, 0.3) is 11.1 Å². The molecule has 0 bridgehead atoms. The molecule has 2 aliphatic rings. The van der Waals surface area contributed by atoms with Gasteiger partial charge in [0, 0.05) is 44.4 Å². The van der Waals surface area contributed by atoms with Gasteiger partial charge in [-0.05, 0) is 36.6 Å². The zero-order valence-electron chi connectivity index (χ0n) is 16.6. The van der Waals surface area contributed by atoms with E-state index in [0.29, 0.717) is 55.9 Å². The minimum atomic E-state index is -0.466. The number of carbonyl (C=O) groups is 2. The number of rotatable bonds is 5. The Balaban J connectivity index is 1.50. The van der Waals surface area contributed by atoms with Crippen LogP contribution in [-0.2, 0) is 9.53 Å². The van der Waals surface area contributed by atoms with E-state index in [2.05, 4.69) is 0 Å². The van der Waals surface area contributed by atoms with Gasteiger partial charge in [-0.15, -0.1) is 0 Å². The maximum Gasteiger partial charge on any atom is 0.253 e. The smallest absolute Gasteiger partial charge is 0.253 e. The van der Waals surface area contributed by atoms with Gasteiger partial charge in [0.05, 0.1) is 12.0 Å². The summed E-state index contributed by atoms with van der Waals surface area (Å²) in [5, 5.41) is 0. The van der Waals surface area contributed by atoms with Gasteiger partial charge in [-0.1, -0.05) is 30.3 Å². The van der Waals surface area contributed by atoms with Crippen molar-refractivity contribution in [3.63, 3.8) is 0 Å². The second-order valence-corrected chi connectivity index (χ2v) is 7.85. The Morgan fingerprint density at radius 3 is 2.72 bits per heavy atom. The minimum absolute atomic E-state index is 0.108. The van der Waals surface area contributed by atoms with Gasteiger partial charge >= 0.3 is 0 Å². The molecule has 0 radical (unpaired) electrons. The quantitative estimate of drug-likeness (QED) is 0.780. The van der Waals surface area contributed by atoms with Crippen LogP contribution < -0.4 is 0 Å². The van der Waals surface area contributed by atoms with Crippen LogP contribution in [0.15, 0.2) is 48.5 Å². The molecule has 2 heterocycles. The first-order valence-corrected chi connectivity index (χ1v) is 9.97. The molecular weight excluding hydrogens is 371 g/mol. The van der Waals surface area contributed by atoms with Crippen LogP contribution in [0.4, 0.5) is 4.39 Å². The average molecular weight is 396 g/mol. The number of halogens is 1. The predicted octanol–water partition coefficient (Wildman–Crippen LogP) is 3.20. The van der Waals surface area contributed by atoms with E-state index in [-0.39, 0.29) is 17.6 Å². The van der Waals surface area contributed by atoms with Crippen molar-refractivity contribution in [3.05, 3.63) is 59.9 Å². The van der Waals surface area contributed by atoms with Crippen LogP contribution in [0.2, 0.25) is 0 Å². The summed E-state index contributed by atoms with van der Waals surface area (Å²) in [5.74, 6) is -0.293. The molecule has 2 amide bonds. The lowest BCUT2D eigenvalue weighted by atomic mass is 9.85. The molecule has 2 aromatic rings. The Bertz CT molecular complexity index is 932. The first-order chi connectivity index (χ1) is 14.0. The van der Waals surface area contributed by atoms with Gasteiger partial charge in [-0.2, -0.15) is 0 Å². The van der Waals surface area contributed by atoms with Gasteiger partial charge in [-0.25, -0.2) is 4.39 Å². The molecule has 4 rings (SSSR count). The Kier molecular flexibility index (Phi) is 5.37. The highest BCUT2D eigenvalue weighted by atomic mass is 19.1. The topological polar surface area (TPSA) is 49.9 Å². The maximum absolute atomic E-state index is 14.1. The lowest BCUT2D eigenvalue weighted by Crippen LogP contribution is -2.39.